The molecule has 0 aliphatic heterocycles. The molecule has 10 nitrogen and oxygen atoms in total. The van der Waals surface area contributed by atoms with Crippen molar-refractivity contribution < 1.29 is 39.1 Å². The van der Waals surface area contributed by atoms with Crippen LogP contribution in [0.25, 0.3) is 0 Å². The Bertz CT molecular complexity index is 1200. The fraction of sp³-hybridized carbons (Fsp3) is 0.448. The predicted molar refractivity (Wildman–Crippen MR) is 157 cm³/mol. The maximum atomic E-state index is 13.2. The van der Waals surface area contributed by atoms with E-state index in [0.717, 1.165) is 5.56 Å². The molecule has 1 aliphatic carbocycles. The van der Waals surface area contributed by atoms with Gasteiger partial charge in [-0.3, -0.25) is 9.59 Å². The molecule has 0 spiro atoms. The van der Waals surface area contributed by atoms with E-state index in [0.29, 0.717) is 44.9 Å². The average Bonchev–Trinajstić information content (AvgIpc) is 2.97. The molecule has 218 valence electrons. The first kappa shape index (κ1) is 31.7. The maximum absolute atomic E-state index is 13.2. The molecule has 40 heavy (non-hydrogen) atoms. The number of rotatable bonds is 13. The summed E-state index contributed by atoms with van der Waals surface area (Å²) in [6.07, 6.45) is 0.195. The summed E-state index contributed by atoms with van der Waals surface area (Å²) in [5, 5.41) is 33.0. The molecule has 2 aromatic carbocycles. The van der Waals surface area contributed by atoms with E-state index in [2.05, 4.69) is 27.9 Å². The van der Waals surface area contributed by atoms with E-state index in [1.807, 2.05) is 24.3 Å². The van der Waals surface area contributed by atoms with Crippen LogP contribution in [0.2, 0.25) is 0 Å². The normalized spacial score (nSPS) is 18.5. The van der Waals surface area contributed by atoms with Gasteiger partial charge in [0.25, 0.3) is 0 Å². The molecule has 0 bridgehead atoms. The maximum Gasteiger partial charge on any atom is 0.247 e. The smallest absolute Gasteiger partial charge is 0.247 e. The standard InChI is InChI=1S/C29H37IN2O8/c1-4-26(35)32(11-9-19-7-5-6-8-23(19)38-2)22-15-20(29(37)31-10-12-33)16-24(27(22)36)40-28-21(30)13-18(17-34)14-25(28)39-3/h5-8,13-14,16,22,24,27,33-34,36H,4,9-12,15,17H2,1-3H3,(H,31,37)/t22-,24+,27+/m1/s1. The van der Waals surface area contributed by atoms with E-state index < -0.39 is 24.2 Å². The zero-order valence-corrected chi connectivity index (χ0v) is 25.1. The summed E-state index contributed by atoms with van der Waals surface area (Å²) in [6.45, 7) is 1.70. The van der Waals surface area contributed by atoms with Crippen molar-refractivity contribution >= 4 is 34.4 Å². The summed E-state index contributed by atoms with van der Waals surface area (Å²) in [6, 6.07) is 10.2. The van der Waals surface area contributed by atoms with E-state index in [1.54, 1.807) is 37.1 Å². The molecule has 2 aromatic rings. The number of hydrogen-bond acceptors (Lipinski definition) is 8. The second kappa shape index (κ2) is 15.2. The fourth-order valence-electron chi connectivity index (χ4n) is 4.72. The first-order chi connectivity index (χ1) is 19.3. The fourth-order valence-corrected chi connectivity index (χ4v) is 5.52. The van der Waals surface area contributed by atoms with E-state index in [4.69, 9.17) is 14.2 Å². The molecule has 0 saturated carbocycles. The third-order valence-electron chi connectivity index (χ3n) is 6.78. The van der Waals surface area contributed by atoms with Crippen LogP contribution in [0, 0.1) is 3.57 Å². The van der Waals surface area contributed by atoms with Crippen LogP contribution in [0.5, 0.6) is 17.2 Å². The summed E-state index contributed by atoms with van der Waals surface area (Å²) in [4.78, 5) is 27.8. The van der Waals surface area contributed by atoms with Crippen molar-refractivity contribution in [2.45, 2.75) is 51.0 Å². The number of hydrogen-bond donors (Lipinski definition) is 4. The van der Waals surface area contributed by atoms with E-state index in [-0.39, 0.29) is 38.5 Å². The number of methoxy groups -OCH3 is 2. The van der Waals surface area contributed by atoms with E-state index in [1.165, 1.54) is 7.11 Å². The molecule has 0 unspecified atom stereocenters. The van der Waals surface area contributed by atoms with Gasteiger partial charge in [0.1, 0.15) is 18.0 Å². The summed E-state index contributed by atoms with van der Waals surface area (Å²) in [7, 11) is 3.06. The summed E-state index contributed by atoms with van der Waals surface area (Å²) in [5.41, 5.74) is 1.88. The van der Waals surface area contributed by atoms with Crippen LogP contribution in [-0.2, 0) is 22.6 Å². The Morgan fingerprint density at radius 1 is 1.12 bits per heavy atom. The van der Waals surface area contributed by atoms with Crippen molar-refractivity contribution in [1.82, 2.24) is 10.2 Å². The molecule has 2 amide bonds. The van der Waals surface area contributed by atoms with Gasteiger partial charge in [-0.1, -0.05) is 25.1 Å². The molecule has 0 aromatic heterocycles. The molecule has 0 saturated heterocycles. The lowest BCUT2D eigenvalue weighted by Crippen LogP contribution is -2.55. The molecule has 0 fully saturated rings. The van der Waals surface area contributed by atoms with Gasteiger partial charge in [0.2, 0.25) is 11.8 Å². The minimum absolute atomic E-state index is 0.0642. The molecular formula is C29H37IN2O8. The molecule has 11 heteroatoms. The summed E-state index contributed by atoms with van der Waals surface area (Å²) in [5.74, 6) is 0.828. The van der Waals surface area contributed by atoms with Crippen LogP contribution >= 0.6 is 22.6 Å². The molecule has 3 atom stereocenters. The lowest BCUT2D eigenvalue weighted by molar-refractivity contribution is -0.138. The van der Waals surface area contributed by atoms with Gasteiger partial charge in [-0.15, -0.1) is 0 Å². The Morgan fingerprint density at radius 2 is 1.85 bits per heavy atom. The van der Waals surface area contributed by atoms with Gasteiger partial charge in [-0.2, -0.15) is 0 Å². The Labute approximate surface area is 248 Å². The van der Waals surface area contributed by atoms with Crippen molar-refractivity contribution in [3.8, 4) is 17.2 Å². The van der Waals surface area contributed by atoms with Crippen LogP contribution in [0.4, 0.5) is 0 Å². The van der Waals surface area contributed by atoms with Crippen molar-refractivity contribution in [2.75, 3.05) is 33.9 Å². The number of ether oxygens (including phenoxy) is 3. The van der Waals surface area contributed by atoms with Crippen LogP contribution in [0.15, 0.2) is 48.0 Å². The number of nitrogens with one attached hydrogen (secondary N) is 1. The lowest BCUT2D eigenvalue weighted by atomic mass is 9.87. The predicted octanol–water partition coefficient (Wildman–Crippen LogP) is 2.20. The minimum Gasteiger partial charge on any atom is -0.496 e. The highest BCUT2D eigenvalue weighted by Gasteiger charge is 2.40. The van der Waals surface area contributed by atoms with Gasteiger partial charge in [-0.05, 0) is 64.4 Å². The van der Waals surface area contributed by atoms with E-state index in [9.17, 15) is 24.9 Å². The van der Waals surface area contributed by atoms with Crippen molar-refractivity contribution in [1.29, 1.82) is 0 Å². The number of aliphatic hydroxyl groups is 3. The van der Waals surface area contributed by atoms with Gasteiger partial charge < -0.3 is 39.7 Å². The number of halogens is 1. The summed E-state index contributed by atoms with van der Waals surface area (Å²) >= 11 is 2.06. The van der Waals surface area contributed by atoms with Crippen LogP contribution < -0.4 is 19.5 Å². The molecule has 0 heterocycles. The first-order valence-electron chi connectivity index (χ1n) is 13.1. The molecule has 4 N–H and O–H groups in total. The van der Waals surface area contributed by atoms with Crippen molar-refractivity contribution in [3.63, 3.8) is 0 Å². The zero-order chi connectivity index (χ0) is 29.2. The van der Waals surface area contributed by atoms with Gasteiger partial charge in [0.15, 0.2) is 11.5 Å². The number of amides is 2. The van der Waals surface area contributed by atoms with Gasteiger partial charge in [0.05, 0.1) is 37.0 Å². The Morgan fingerprint density at radius 3 is 2.50 bits per heavy atom. The molecule has 3 rings (SSSR count). The summed E-state index contributed by atoms with van der Waals surface area (Å²) < 4.78 is 17.9. The van der Waals surface area contributed by atoms with E-state index >= 15 is 0 Å². The van der Waals surface area contributed by atoms with Crippen LogP contribution in [0.3, 0.4) is 0 Å². The Hall–Kier alpha value is -2.87. The van der Waals surface area contributed by atoms with Crippen molar-refractivity contribution in [3.05, 3.63) is 62.7 Å². The second-order valence-electron chi connectivity index (χ2n) is 9.29. The highest BCUT2D eigenvalue weighted by atomic mass is 127. The number of aliphatic hydroxyl groups excluding tert-OH is 3. The lowest BCUT2D eigenvalue weighted by Gasteiger charge is -2.40. The topological polar surface area (TPSA) is 138 Å². The third kappa shape index (κ3) is 7.65. The Balaban J connectivity index is 1.98. The van der Waals surface area contributed by atoms with Gasteiger partial charge in [-0.25, -0.2) is 0 Å². The number of carbonyl (C=O) groups is 2. The third-order valence-corrected chi connectivity index (χ3v) is 7.58. The molecular weight excluding hydrogens is 631 g/mol. The zero-order valence-electron chi connectivity index (χ0n) is 22.9. The largest absolute Gasteiger partial charge is 0.496 e. The monoisotopic (exact) mass is 668 g/mol. The molecule has 0 radical (unpaired) electrons. The second-order valence-corrected chi connectivity index (χ2v) is 10.4. The van der Waals surface area contributed by atoms with Crippen molar-refractivity contribution in [2.24, 2.45) is 0 Å². The molecule has 1 aliphatic rings. The van der Waals surface area contributed by atoms with Crippen LogP contribution in [0.1, 0.15) is 30.9 Å². The van der Waals surface area contributed by atoms with Crippen LogP contribution in [-0.4, -0.2) is 84.2 Å². The average molecular weight is 669 g/mol. The first-order valence-corrected chi connectivity index (χ1v) is 14.2. The number of nitrogens with zero attached hydrogens (tertiary/aromatic N) is 1. The Kier molecular flexibility index (Phi) is 12.0. The van der Waals surface area contributed by atoms with Gasteiger partial charge >= 0.3 is 0 Å². The number of carbonyl (C=O) groups excluding carboxylic acids is 2. The van der Waals surface area contributed by atoms with Gasteiger partial charge in [0, 0.05) is 31.5 Å². The number of para-hydroxylation sites is 1. The highest BCUT2D eigenvalue weighted by Crippen LogP contribution is 2.37. The SMILES string of the molecule is CCC(=O)N(CCc1ccccc1OC)[C@@H]1CC(C(=O)NCCO)=C[C@H](Oc2c(I)cc(CO)cc2OC)[C@H]1O. The highest BCUT2D eigenvalue weighted by molar-refractivity contribution is 14.1. The number of benzene rings is 2. The minimum atomic E-state index is -1.17. The quantitative estimate of drug-likeness (QED) is 0.239.